The van der Waals surface area contributed by atoms with Gasteiger partial charge in [-0.3, -0.25) is 0 Å². The summed E-state index contributed by atoms with van der Waals surface area (Å²) < 4.78 is 13.3. The smallest absolute Gasteiger partial charge is 0.142 e. The molecule has 0 amide bonds. The Hall–Kier alpha value is -0.600. The summed E-state index contributed by atoms with van der Waals surface area (Å²) in [6, 6.07) is 4.71. The van der Waals surface area contributed by atoms with E-state index < -0.39 is 0 Å². The van der Waals surface area contributed by atoms with E-state index in [-0.39, 0.29) is 16.9 Å². The summed E-state index contributed by atoms with van der Waals surface area (Å²) in [5.74, 6) is -0.379. The third kappa shape index (κ3) is 6.23. The molecule has 0 aliphatic heterocycles. The maximum absolute atomic E-state index is 13.3. The second-order valence-electron chi connectivity index (χ2n) is 5.51. The zero-order chi connectivity index (χ0) is 14.8. The van der Waals surface area contributed by atoms with Gasteiger partial charge < -0.3 is 5.73 Å². The first-order valence-electron chi connectivity index (χ1n) is 7.86. The van der Waals surface area contributed by atoms with Crippen LogP contribution in [0.5, 0.6) is 0 Å². The molecule has 0 fully saturated rings. The molecule has 1 atom stereocenters. The molecule has 1 rings (SSSR count). The topological polar surface area (TPSA) is 26.0 Å². The monoisotopic (exact) mass is 299 g/mol. The third-order valence-corrected chi connectivity index (χ3v) is 4.15. The normalized spacial score (nSPS) is 12.6. The minimum absolute atomic E-state index is 0.154. The number of hydrogen-bond acceptors (Lipinski definition) is 1. The Balaban J connectivity index is 2.17. The predicted molar refractivity (Wildman–Crippen MR) is 85.6 cm³/mol. The molecule has 0 saturated carbocycles. The number of halogens is 2. The van der Waals surface area contributed by atoms with Gasteiger partial charge in [-0.2, -0.15) is 0 Å². The first-order valence-corrected chi connectivity index (χ1v) is 8.24. The van der Waals surface area contributed by atoms with E-state index in [9.17, 15) is 4.39 Å². The van der Waals surface area contributed by atoms with Crippen molar-refractivity contribution in [3.05, 3.63) is 34.6 Å². The Morgan fingerprint density at radius 3 is 2.30 bits per heavy atom. The highest BCUT2D eigenvalue weighted by Gasteiger charge is 2.12. The Labute approximate surface area is 127 Å². The van der Waals surface area contributed by atoms with E-state index in [1.54, 1.807) is 6.07 Å². The largest absolute Gasteiger partial charge is 0.324 e. The van der Waals surface area contributed by atoms with Gasteiger partial charge in [0.25, 0.3) is 0 Å². The minimum Gasteiger partial charge on any atom is -0.324 e. The zero-order valence-corrected chi connectivity index (χ0v) is 13.3. The first kappa shape index (κ1) is 17.5. The van der Waals surface area contributed by atoms with Crippen molar-refractivity contribution in [2.24, 2.45) is 5.73 Å². The summed E-state index contributed by atoms with van der Waals surface area (Å²) in [4.78, 5) is 0. The Bertz CT molecular complexity index is 381. The van der Waals surface area contributed by atoms with Crippen LogP contribution in [-0.2, 0) is 0 Å². The molecule has 1 aromatic carbocycles. The molecular weight excluding hydrogens is 273 g/mol. The van der Waals surface area contributed by atoms with Crippen LogP contribution in [0.3, 0.4) is 0 Å². The molecule has 0 saturated heterocycles. The molecule has 20 heavy (non-hydrogen) atoms. The molecular formula is C17H27ClFN. The van der Waals surface area contributed by atoms with E-state index >= 15 is 0 Å². The zero-order valence-electron chi connectivity index (χ0n) is 12.5. The molecule has 0 aliphatic rings. The second kappa shape index (κ2) is 10.2. The highest BCUT2D eigenvalue weighted by Crippen LogP contribution is 2.27. The van der Waals surface area contributed by atoms with Crippen LogP contribution < -0.4 is 5.73 Å². The summed E-state index contributed by atoms with van der Waals surface area (Å²) in [6.07, 6.45) is 11.1. The SMILES string of the molecule is CCCCCCCCCCC(N)c1cccc(F)c1Cl. The molecule has 1 nitrogen and oxygen atoms in total. The number of benzene rings is 1. The molecule has 0 aromatic heterocycles. The summed E-state index contributed by atoms with van der Waals surface area (Å²) in [7, 11) is 0. The van der Waals surface area contributed by atoms with Gasteiger partial charge in [0.1, 0.15) is 5.82 Å². The molecule has 0 radical (unpaired) electrons. The van der Waals surface area contributed by atoms with Crippen molar-refractivity contribution < 1.29 is 4.39 Å². The number of hydrogen-bond donors (Lipinski definition) is 1. The van der Waals surface area contributed by atoms with Crippen molar-refractivity contribution in [3.8, 4) is 0 Å². The quantitative estimate of drug-likeness (QED) is 0.526. The van der Waals surface area contributed by atoms with Gasteiger partial charge in [-0.15, -0.1) is 0 Å². The highest BCUT2D eigenvalue weighted by atomic mass is 35.5. The van der Waals surface area contributed by atoms with E-state index in [2.05, 4.69) is 6.92 Å². The van der Waals surface area contributed by atoms with E-state index in [1.165, 1.54) is 51.0 Å². The molecule has 114 valence electrons. The van der Waals surface area contributed by atoms with E-state index in [4.69, 9.17) is 17.3 Å². The predicted octanol–water partition coefficient (Wildman–Crippen LogP) is 6.01. The van der Waals surface area contributed by atoms with Gasteiger partial charge in [-0.05, 0) is 18.1 Å². The van der Waals surface area contributed by atoms with Crippen LogP contribution in [0.4, 0.5) is 4.39 Å². The van der Waals surface area contributed by atoms with Gasteiger partial charge in [-0.25, -0.2) is 4.39 Å². The minimum atomic E-state index is -0.379. The van der Waals surface area contributed by atoms with Crippen LogP contribution in [0.2, 0.25) is 5.02 Å². The van der Waals surface area contributed by atoms with E-state index in [0.29, 0.717) is 0 Å². The van der Waals surface area contributed by atoms with Crippen molar-refractivity contribution in [2.75, 3.05) is 0 Å². The fraction of sp³-hybridized carbons (Fsp3) is 0.647. The van der Waals surface area contributed by atoms with Gasteiger partial charge in [0.15, 0.2) is 0 Å². The molecule has 3 heteroatoms. The number of rotatable bonds is 10. The van der Waals surface area contributed by atoms with Crippen LogP contribution >= 0.6 is 11.6 Å². The van der Waals surface area contributed by atoms with Crippen molar-refractivity contribution >= 4 is 11.6 Å². The Kier molecular flexibility index (Phi) is 8.88. The average Bonchev–Trinajstić information content (AvgIpc) is 2.44. The van der Waals surface area contributed by atoms with Crippen LogP contribution in [0, 0.1) is 5.82 Å². The average molecular weight is 300 g/mol. The Morgan fingerprint density at radius 2 is 1.65 bits per heavy atom. The van der Waals surface area contributed by atoms with Crippen molar-refractivity contribution in [2.45, 2.75) is 70.8 Å². The van der Waals surface area contributed by atoms with E-state index in [0.717, 1.165) is 18.4 Å². The van der Waals surface area contributed by atoms with Gasteiger partial charge in [0.05, 0.1) is 5.02 Å². The first-order chi connectivity index (χ1) is 9.66. The van der Waals surface area contributed by atoms with Crippen LogP contribution in [0.1, 0.15) is 76.3 Å². The summed E-state index contributed by atoms with van der Waals surface area (Å²) in [6.45, 7) is 2.24. The Morgan fingerprint density at radius 1 is 1.05 bits per heavy atom. The summed E-state index contributed by atoms with van der Waals surface area (Å²) >= 11 is 5.94. The van der Waals surface area contributed by atoms with E-state index in [1.807, 2.05) is 6.07 Å². The summed E-state index contributed by atoms with van der Waals surface area (Å²) in [5, 5.41) is 0.180. The lowest BCUT2D eigenvalue weighted by molar-refractivity contribution is 0.534. The number of unbranched alkanes of at least 4 members (excludes halogenated alkanes) is 7. The molecule has 0 heterocycles. The molecule has 2 N–H and O–H groups in total. The molecule has 0 bridgehead atoms. The van der Waals surface area contributed by atoms with Crippen molar-refractivity contribution in [1.82, 2.24) is 0 Å². The highest BCUT2D eigenvalue weighted by molar-refractivity contribution is 6.31. The molecule has 0 aliphatic carbocycles. The fourth-order valence-electron chi connectivity index (χ4n) is 2.46. The van der Waals surface area contributed by atoms with Crippen molar-refractivity contribution in [1.29, 1.82) is 0 Å². The lowest BCUT2D eigenvalue weighted by Crippen LogP contribution is -2.11. The maximum atomic E-state index is 13.3. The lowest BCUT2D eigenvalue weighted by atomic mass is 10.00. The van der Waals surface area contributed by atoms with Gasteiger partial charge in [0.2, 0.25) is 0 Å². The van der Waals surface area contributed by atoms with Crippen molar-refractivity contribution in [3.63, 3.8) is 0 Å². The second-order valence-corrected chi connectivity index (χ2v) is 5.89. The van der Waals surface area contributed by atoms with Gasteiger partial charge in [0, 0.05) is 6.04 Å². The standard InChI is InChI=1S/C17H27ClFN/c1-2-3-4-5-6-7-8-9-13-16(20)14-11-10-12-15(19)17(14)18/h10-12,16H,2-9,13,20H2,1H3. The lowest BCUT2D eigenvalue weighted by Gasteiger charge is -2.13. The van der Waals surface area contributed by atoms with Crippen LogP contribution in [0.25, 0.3) is 0 Å². The molecule has 1 unspecified atom stereocenters. The van der Waals surface area contributed by atoms with Gasteiger partial charge in [-0.1, -0.05) is 82.0 Å². The van der Waals surface area contributed by atoms with Crippen LogP contribution in [-0.4, -0.2) is 0 Å². The fourth-order valence-corrected chi connectivity index (χ4v) is 2.73. The summed E-state index contributed by atoms with van der Waals surface area (Å²) in [5.41, 5.74) is 6.83. The molecule has 1 aromatic rings. The molecule has 0 spiro atoms. The van der Waals surface area contributed by atoms with Crippen LogP contribution in [0.15, 0.2) is 18.2 Å². The number of nitrogens with two attached hydrogens (primary N) is 1. The third-order valence-electron chi connectivity index (χ3n) is 3.75. The maximum Gasteiger partial charge on any atom is 0.142 e. The van der Waals surface area contributed by atoms with Gasteiger partial charge >= 0.3 is 0 Å².